The van der Waals surface area contributed by atoms with Gasteiger partial charge < -0.3 is 15.3 Å². The smallest absolute Gasteiger partial charge is 0.0481 e. The average Bonchev–Trinajstić information content (AvgIpc) is 3.02. The highest BCUT2D eigenvalue weighted by Gasteiger charge is 2.14. The maximum absolute atomic E-state index is 3.57. The predicted octanol–water partition coefficient (Wildman–Crippen LogP) is 2.81. The molecule has 1 aliphatic rings. The van der Waals surface area contributed by atoms with Crippen molar-refractivity contribution in [2.75, 3.05) is 6.54 Å². The summed E-state index contributed by atoms with van der Waals surface area (Å²) >= 11 is 0. The van der Waals surface area contributed by atoms with E-state index in [1.165, 1.54) is 33.4 Å². The highest BCUT2D eigenvalue weighted by Crippen LogP contribution is 2.30. The van der Waals surface area contributed by atoms with Crippen molar-refractivity contribution in [2.24, 2.45) is 0 Å². The third-order valence-electron chi connectivity index (χ3n) is 3.74. The molecule has 3 nitrogen and oxygen atoms in total. The van der Waals surface area contributed by atoms with E-state index in [9.17, 15) is 0 Å². The molecule has 0 saturated carbocycles. The van der Waals surface area contributed by atoms with Gasteiger partial charge >= 0.3 is 0 Å². The Balaban J connectivity index is 1.89. The van der Waals surface area contributed by atoms with E-state index < -0.39 is 0 Å². The first kappa shape index (κ1) is 9.97. The molecule has 0 amide bonds. The molecule has 0 radical (unpaired) electrons. The first-order valence-corrected chi connectivity index (χ1v) is 6.40. The molecule has 3 heteroatoms. The number of benzene rings is 1. The molecule has 0 saturated heterocycles. The van der Waals surface area contributed by atoms with Crippen LogP contribution in [0, 0.1) is 0 Å². The summed E-state index contributed by atoms with van der Waals surface area (Å²) in [5.74, 6) is 0. The van der Waals surface area contributed by atoms with Crippen LogP contribution in [0.2, 0.25) is 0 Å². The summed E-state index contributed by atoms with van der Waals surface area (Å²) in [5, 5.41) is 4.69. The van der Waals surface area contributed by atoms with Crippen molar-refractivity contribution in [1.29, 1.82) is 0 Å². The Hall–Kier alpha value is -2.00. The van der Waals surface area contributed by atoms with E-state index in [1.807, 2.05) is 0 Å². The van der Waals surface area contributed by atoms with Crippen molar-refractivity contribution in [3.63, 3.8) is 0 Å². The molecular weight excluding hydrogens is 222 g/mol. The highest BCUT2D eigenvalue weighted by atomic mass is 14.9. The van der Waals surface area contributed by atoms with Crippen LogP contribution in [0.15, 0.2) is 36.5 Å². The zero-order chi connectivity index (χ0) is 11.9. The fraction of sp³-hybridized carbons (Fsp3) is 0.200. The Morgan fingerprint density at radius 1 is 1.11 bits per heavy atom. The van der Waals surface area contributed by atoms with Crippen molar-refractivity contribution < 1.29 is 0 Å². The van der Waals surface area contributed by atoms with Gasteiger partial charge in [0.2, 0.25) is 0 Å². The van der Waals surface area contributed by atoms with Crippen LogP contribution in [0.1, 0.15) is 11.3 Å². The van der Waals surface area contributed by atoms with Crippen molar-refractivity contribution in [3.05, 3.63) is 47.8 Å². The molecule has 1 aliphatic heterocycles. The van der Waals surface area contributed by atoms with E-state index in [-0.39, 0.29) is 0 Å². The lowest BCUT2D eigenvalue weighted by molar-refractivity contribution is 0.638. The van der Waals surface area contributed by atoms with Crippen LogP contribution in [-0.4, -0.2) is 16.5 Å². The molecule has 0 unspecified atom stereocenters. The van der Waals surface area contributed by atoms with Gasteiger partial charge in [-0.3, -0.25) is 0 Å². The molecule has 0 aliphatic carbocycles. The molecule has 3 N–H and O–H groups in total. The number of H-pyrrole nitrogens is 2. The third kappa shape index (κ3) is 1.41. The molecule has 90 valence electrons. The van der Waals surface area contributed by atoms with Gasteiger partial charge in [-0.15, -0.1) is 0 Å². The zero-order valence-electron chi connectivity index (χ0n) is 10.1. The number of hydrogen-bond donors (Lipinski definition) is 3. The molecule has 3 heterocycles. The maximum atomic E-state index is 3.57. The summed E-state index contributed by atoms with van der Waals surface area (Å²) in [5.41, 5.74) is 6.47. The molecule has 2 aromatic heterocycles. The van der Waals surface area contributed by atoms with E-state index in [2.05, 4.69) is 51.8 Å². The minimum Gasteiger partial charge on any atom is -0.360 e. The van der Waals surface area contributed by atoms with Crippen LogP contribution in [0.4, 0.5) is 0 Å². The minimum absolute atomic E-state index is 0.980. The molecule has 3 aromatic rings. The Kier molecular flexibility index (Phi) is 2.08. The second-order valence-electron chi connectivity index (χ2n) is 4.86. The van der Waals surface area contributed by atoms with Gasteiger partial charge in [-0.05, 0) is 17.7 Å². The maximum Gasteiger partial charge on any atom is 0.0481 e. The first-order chi connectivity index (χ1) is 8.92. The summed E-state index contributed by atoms with van der Waals surface area (Å²) in [7, 11) is 0. The van der Waals surface area contributed by atoms with Crippen LogP contribution in [0.3, 0.4) is 0 Å². The van der Waals surface area contributed by atoms with E-state index in [0.717, 1.165) is 19.5 Å². The van der Waals surface area contributed by atoms with E-state index >= 15 is 0 Å². The van der Waals surface area contributed by atoms with Gasteiger partial charge in [-0.25, -0.2) is 0 Å². The number of hydrogen-bond acceptors (Lipinski definition) is 1. The fourth-order valence-corrected chi connectivity index (χ4v) is 2.80. The van der Waals surface area contributed by atoms with Gasteiger partial charge in [0.05, 0.1) is 0 Å². The lowest BCUT2D eigenvalue weighted by Crippen LogP contribution is -2.22. The Morgan fingerprint density at radius 3 is 3.00 bits per heavy atom. The monoisotopic (exact) mass is 237 g/mol. The van der Waals surface area contributed by atoms with Gasteiger partial charge in [0, 0.05) is 53.6 Å². The fourth-order valence-electron chi connectivity index (χ4n) is 2.80. The van der Waals surface area contributed by atoms with Crippen molar-refractivity contribution in [2.45, 2.75) is 13.0 Å². The molecule has 1 aromatic carbocycles. The average molecular weight is 237 g/mol. The second kappa shape index (κ2) is 3.75. The van der Waals surface area contributed by atoms with Crippen molar-refractivity contribution in [1.82, 2.24) is 15.3 Å². The molecule has 0 atom stereocenters. The van der Waals surface area contributed by atoms with E-state index in [4.69, 9.17) is 0 Å². The number of aromatic amines is 2. The lowest BCUT2D eigenvalue weighted by Gasteiger charge is -2.11. The van der Waals surface area contributed by atoms with Crippen LogP contribution >= 0.6 is 0 Å². The van der Waals surface area contributed by atoms with Gasteiger partial charge in [0.15, 0.2) is 0 Å². The number of nitrogens with one attached hydrogen (secondary N) is 3. The summed E-state index contributed by atoms with van der Waals surface area (Å²) in [6.07, 6.45) is 3.19. The normalized spacial score (nSPS) is 14.9. The Bertz CT molecular complexity index is 682. The number of rotatable bonds is 1. The summed E-state index contributed by atoms with van der Waals surface area (Å²) in [4.78, 5) is 6.90. The van der Waals surface area contributed by atoms with Gasteiger partial charge in [0.25, 0.3) is 0 Å². The van der Waals surface area contributed by atoms with Crippen molar-refractivity contribution >= 4 is 10.9 Å². The van der Waals surface area contributed by atoms with Crippen LogP contribution in [-0.2, 0) is 13.0 Å². The summed E-state index contributed by atoms with van der Waals surface area (Å²) in [6, 6.07) is 10.7. The summed E-state index contributed by atoms with van der Waals surface area (Å²) < 4.78 is 0. The molecule has 0 bridgehead atoms. The SMILES string of the molecule is c1ccc2c(-c3cc4c([nH]3)CCNC4)c[nH]c2c1. The van der Waals surface area contributed by atoms with Crippen LogP contribution in [0.5, 0.6) is 0 Å². The Labute approximate surface area is 105 Å². The number of para-hydroxylation sites is 1. The third-order valence-corrected chi connectivity index (χ3v) is 3.74. The topological polar surface area (TPSA) is 43.6 Å². The number of fused-ring (bicyclic) bond motifs is 2. The highest BCUT2D eigenvalue weighted by molar-refractivity contribution is 5.94. The molecule has 18 heavy (non-hydrogen) atoms. The van der Waals surface area contributed by atoms with E-state index in [0.29, 0.717) is 0 Å². The number of aromatic nitrogens is 2. The largest absolute Gasteiger partial charge is 0.360 e. The molecule has 4 rings (SSSR count). The molecular formula is C15H15N3. The van der Waals surface area contributed by atoms with Gasteiger partial charge in [0.1, 0.15) is 0 Å². The van der Waals surface area contributed by atoms with Gasteiger partial charge in [-0.2, -0.15) is 0 Å². The minimum atomic E-state index is 0.980. The Morgan fingerprint density at radius 2 is 2.06 bits per heavy atom. The lowest BCUT2D eigenvalue weighted by atomic mass is 10.1. The first-order valence-electron chi connectivity index (χ1n) is 6.40. The van der Waals surface area contributed by atoms with E-state index in [1.54, 1.807) is 0 Å². The van der Waals surface area contributed by atoms with Crippen molar-refractivity contribution in [3.8, 4) is 11.3 Å². The zero-order valence-corrected chi connectivity index (χ0v) is 10.1. The quantitative estimate of drug-likeness (QED) is 0.598. The molecule has 0 spiro atoms. The summed E-state index contributed by atoms with van der Waals surface area (Å²) in [6.45, 7) is 2.05. The predicted molar refractivity (Wildman–Crippen MR) is 73.5 cm³/mol. The standard InChI is InChI=1S/C15H15N3/c1-2-4-14-11(3-1)12(9-17-14)15-7-10-8-16-6-5-13(10)18-15/h1-4,7,9,16-18H,5-6,8H2. The van der Waals surface area contributed by atoms with Crippen LogP contribution < -0.4 is 5.32 Å². The second-order valence-corrected chi connectivity index (χ2v) is 4.86. The molecule has 0 fully saturated rings. The van der Waals surface area contributed by atoms with Gasteiger partial charge in [-0.1, -0.05) is 18.2 Å². The van der Waals surface area contributed by atoms with Crippen LogP contribution in [0.25, 0.3) is 22.2 Å².